The molecule has 3 rings (SSSR count). The van der Waals surface area contributed by atoms with E-state index in [0.29, 0.717) is 17.5 Å². The molecule has 0 radical (unpaired) electrons. The minimum Gasteiger partial charge on any atom is -0.380 e. The van der Waals surface area contributed by atoms with E-state index in [-0.39, 0.29) is 11.2 Å². The summed E-state index contributed by atoms with van der Waals surface area (Å²) in [5, 5.41) is 21.7. The molecule has 1 saturated carbocycles. The summed E-state index contributed by atoms with van der Waals surface area (Å²) in [5.41, 5.74) is 1.29. The number of fused-ring (bicyclic) bond motifs is 1. The number of anilines is 1. The van der Waals surface area contributed by atoms with Gasteiger partial charge in [0, 0.05) is 12.1 Å². The van der Waals surface area contributed by atoms with E-state index in [0.717, 1.165) is 12.1 Å². The average Bonchev–Trinajstić information content (AvgIpc) is 2.99. The Hall–Kier alpha value is -2.18. The first-order valence-corrected chi connectivity index (χ1v) is 6.33. The second-order valence-corrected chi connectivity index (χ2v) is 5.01. The highest BCUT2D eigenvalue weighted by atomic mass is 16.6. The summed E-state index contributed by atoms with van der Waals surface area (Å²) < 4.78 is 4.64. The molecule has 7 nitrogen and oxygen atoms in total. The van der Waals surface area contributed by atoms with Crippen molar-refractivity contribution in [2.75, 3.05) is 5.32 Å². The van der Waals surface area contributed by atoms with Crippen molar-refractivity contribution in [1.29, 1.82) is 0 Å². The summed E-state index contributed by atoms with van der Waals surface area (Å²) >= 11 is 0. The molecule has 1 fully saturated rings. The molecule has 7 heteroatoms. The quantitative estimate of drug-likeness (QED) is 0.675. The minimum atomic E-state index is -0.478. The highest BCUT2D eigenvalue weighted by molar-refractivity contribution is 5.93. The van der Waals surface area contributed by atoms with Gasteiger partial charge in [-0.2, -0.15) is 0 Å². The SMILES string of the molecule is CC1CCCC1Nc1ccc([N+](=O)[O-])c2nonc12. The summed E-state index contributed by atoms with van der Waals surface area (Å²) in [5.74, 6) is 0.588. The predicted octanol–water partition coefficient (Wildman–Crippen LogP) is 2.73. The Kier molecular flexibility index (Phi) is 2.81. The van der Waals surface area contributed by atoms with Crippen LogP contribution in [0, 0.1) is 16.0 Å². The Morgan fingerprint density at radius 3 is 2.84 bits per heavy atom. The number of non-ortho nitro benzene ring substituents is 1. The Morgan fingerprint density at radius 2 is 2.16 bits per heavy atom. The van der Waals surface area contributed by atoms with E-state index in [1.165, 1.54) is 18.9 Å². The summed E-state index contributed by atoms with van der Waals surface area (Å²) in [6.07, 6.45) is 3.50. The zero-order chi connectivity index (χ0) is 13.4. The Balaban J connectivity index is 1.98. The molecule has 1 aromatic carbocycles. The van der Waals surface area contributed by atoms with E-state index in [2.05, 4.69) is 27.2 Å². The van der Waals surface area contributed by atoms with Crippen molar-refractivity contribution >= 4 is 22.4 Å². The molecule has 1 aromatic heterocycles. The van der Waals surface area contributed by atoms with Crippen LogP contribution in [0.3, 0.4) is 0 Å². The van der Waals surface area contributed by atoms with Gasteiger partial charge in [0.2, 0.25) is 5.52 Å². The number of nitro groups is 1. The van der Waals surface area contributed by atoms with Crippen molar-refractivity contribution in [3.63, 3.8) is 0 Å². The Labute approximate surface area is 109 Å². The van der Waals surface area contributed by atoms with E-state index < -0.39 is 4.92 Å². The van der Waals surface area contributed by atoms with Crippen LogP contribution in [0.4, 0.5) is 11.4 Å². The number of aromatic nitrogens is 2. The van der Waals surface area contributed by atoms with Crippen LogP contribution < -0.4 is 5.32 Å². The molecule has 19 heavy (non-hydrogen) atoms. The van der Waals surface area contributed by atoms with Gasteiger partial charge >= 0.3 is 5.69 Å². The maximum Gasteiger partial charge on any atom is 0.300 e. The maximum atomic E-state index is 10.9. The molecule has 2 unspecified atom stereocenters. The monoisotopic (exact) mass is 262 g/mol. The number of nitro benzene ring substituents is 1. The lowest BCUT2D eigenvalue weighted by atomic mass is 10.1. The summed E-state index contributed by atoms with van der Waals surface area (Å²) in [7, 11) is 0. The fourth-order valence-electron chi connectivity index (χ4n) is 2.68. The van der Waals surface area contributed by atoms with Gasteiger partial charge in [-0.1, -0.05) is 13.3 Å². The molecule has 0 amide bonds. The van der Waals surface area contributed by atoms with Crippen LogP contribution in [0.25, 0.3) is 11.0 Å². The van der Waals surface area contributed by atoms with Gasteiger partial charge in [0.15, 0.2) is 5.52 Å². The fourth-order valence-corrected chi connectivity index (χ4v) is 2.68. The molecule has 2 aromatic rings. The van der Waals surface area contributed by atoms with Crippen LogP contribution in [0.15, 0.2) is 16.8 Å². The van der Waals surface area contributed by atoms with Crippen molar-refractivity contribution in [2.45, 2.75) is 32.2 Å². The van der Waals surface area contributed by atoms with Crippen LogP contribution in [0.2, 0.25) is 0 Å². The van der Waals surface area contributed by atoms with Crippen LogP contribution in [-0.4, -0.2) is 21.3 Å². The fraction of sp³-hybridized carbons (Fsp3) is 0.500. The lowest BCUT2D eigenvalue weighted by molar-refractivity contribution is -0.383. The highest BCUT2D eigenvalue weighted by Gasteiger charge is 2.26. The van der Waals surface area contributed by atoms with E-state index in [9.17, 15) is 10.1 Å². The van der Waals surface area contributed by atoms with Crippen LogP contribution >= 0.6 is 0 Å². The Morgan fingerprint density at radius 1 is 1.37 bits per heavy atom. The number of nitrogens with zero attached hydrogens (tertiary/aromatic N) is 3. The number of hydrogen-bond acceptors (Lipinski definition) is 6. The van der Waals surface area contributed by atoms with E-state index in [1.54, 1.807) is 6.07 Å². The molecule has 1 aliphatic carbocycles. The molecule has 1 heterocycles. The van der Waals surface area contributed by atoms with Gasteiger partial charge in [0.1, 0.15) is 0 Å². The van der Waals surface area contributed by atoms with Crippen LogP contribution in [0.1, 0.15) is 26.2 Å². The highest BCUT2D eigenvalue weighted by Crippen LogP contribution is 2.33. The van der Waals surface area contributed by atoms with Crippen LogP contribution in [0.5, 0.6) is 0 Å². The van der Waals surface area contributed by atoms with E-state index in [4.69, 9.17) is 0 Å². The van der Waals surface area contributed by atoms with Gasteiger partial charge in [-0.15, -0.1) is 0 Å². The molecule has 1 N–H and O–H groups in total. The second kappa shape index (κ2) is 4.49. The summed E-state index contributed by atoms with van der Waals surface area (Å²) in [6, 6.07) is 3.49. The van der Waals surface area contributed by atoms with Crippen molar-refractivity contribution in [3.8, 4) is 0 Å². The largest absolute Gasteiger partial charge is 0.380 e. The molecule has 2 atom stereocenters. The molecular formula is C12H14N4O3. The van der Waals surface area contributed by atoms with E-state index >= 15 is 0 Å². The maximum absolute atomic E-state index is 10.9. The number of benzene rings is 1. The smallest absolute Gasteiger partial charge is 0.300 e. The van der Waals surface area contributed by atoms with Crippen molar-refractivity contribution < 1.29 is 9.55 Å². The summed E-state index contributed by atoms with van der Waals surface area (Å²) in [4.78, 5) is 10.4. The minimum absolute atomic E-state index is 0.0822. The third-order valence-electron chi connectivity index (χ3n) is 3.79. The summed E-state index contributed by atoms with van der Waals surface area (Å²) in [6.45, 7) is 2.20. The molecule has 0 spiro atoms. The first-order chi connectivity index (χ1) is 9.16. The van der Waals surface area contributed by atoms with Gasteiger partial charge < -0.3 is 5.32 Å². The predicted molar refractivity (Wildman–Crippen MR) is 68.9 cm³/mol. The van der Waals surface area contributed by atoms with Crippen molar-refractivity contribution in [1.82, 2.24) is 10.3 Å². The molecular weight excluding hydrogens is 248 g/mol. The third kappa shape index (κ3) is 2.00. The van der Waals surface area contributed by atoms with Gasteiger partial charge in [-0.3, -0.25) is 10.1 Å². The number of hydrogen-bond donors (Lipinski definition) is 1. The Bertz CT molecular complexity index is 624. The van der Waals surface area contributed by atoms with Crippen LogP contribution in [-0.2, 0) is 0 Å². The topological polar surface area (TPSA) is 94.1 Å². The first-order valence-electron chi connectivity index (χ1n) is 6.33. The van der Waals surface area contributed by atoms with Gasteiger partial charge in [0.05, 0.1) is 10.6 Å². The normalized spacial score (nSPS) is 22.8. The molecule has 0 saturated heterocycles. The zero-order valence-corrected chi connectivity index (χ0v) is 10.5. The molecule has 0 bridgehead atoms. The zero-order valence-electron chi connectivity index (χ0n) is 10.5. The number of nitrogens with one attached hydrogen (secondary N) is 1. The third-order valence-corrected chi connectivity index (χ3v) is 3.79. The number of rotatable bonds is 3. The average molecular weight is 262 g/mol. The van der Waals surface area contributed by atoms with Crippen molar-refractivity contribution in [3.05, 3.63) is 22.2 Å². The van der Waals surface area contributed by atoms with Gasteiger partial charge in [-0.05, 0) is 35.1 Å². The second-order valence-electron chi connectivity index (χ2n) is 5.01. The lowest BCUT2D eigenvalue weighted by Gasteiger charge is -2.18. The molecule has 100 valence electrons. The van der Waals surface area contributed by atoms with Crippen molar-refractivity contribution in [2.24, 2.45) is 5.92 Å². The van der Waals surface area contributed by atoms with E-state index in [1.807, 2.05) is 0 Å². The molecule has 0 aliphatic heterocycles. The first kappa shape index (κ1) is 11.9. The van der Waals surface area contributed by atoms with Gasteiger partial charge in [0.25, 0.3) is 0 Å². The standard InChI is InChI=1S/C12H14N4O3/c1-7-3-2-4-8(7)13-9-5-6-10(16(17)18)12-11(9)14-19-15-12/h5-8,13H,2-4H2,1H3. The lowest BCUT2D eigenvalue weighted by Crippen LogP contribution is -2.21. The van der Waals surface area contributed by atoms with Gasteiger partial charge in [-0.25, -0.2) is 4.63 Å². The molecule has 1 aliphatic rings.